The summed E-state index contributed by atoms with van der Waals surface area (Å²) in [6.45, 7) is 1.85. The molecule has 0 aliphatic carbocycles. The summed E-state index contributed by atoms with van der Waals surface area (Å²) in [6, 6.07) is 14.0. The van der Waals surface area contributed by atoms with E-state index in [1.54, 1.807) is 24.3 Å². The molecule has 9 heteroatoms. The van der Waals surface area contributed by atoms with Crippen LogP contribution in [0.1, 0.15) is 22.7 Å². The molecule has 1 unspecified atom stereocenters. The first-order chi connectivity index (χ1) is 16.7. The second-order valence-electron chi connectivity index (χ2n) is 7.81. The number of methoxy groups -OCH3 is 2. The van der Waals surface area contributed by atoms with Crippen molar-refractivity contribution >= 4 is 57.9 Å². The summed E-state index contributed by atoms with van der Waals surface area (Å²) < 4.78 is 10.6. The molecule has 180 valence electrons. The van der Waals surface area contributed by atoms with Crippen LogP contribution >= 0.6 is 34.8 Å². The molecule has 1 aliphatic rings. The molecule has 0 saturated carbocycles. The Labute approximate surface area is 217 Å². The zero-order valence-electron chi connectivity index (χ0n) is 18.9. The van der Waals surface area contributed by atoms with Gasteiger partial charge in [-0.1, -0.05) is 59.1 Å². The van der Waals surface area contributed by atoms with Gasteiger partial charge in [-0.05, 0) is 48.4 Å². The number of anilines is 1. The third kappa shape index (κ3) is 4.33. The van der Waals surface area contributed by atoms with E-state index >= 15 is 0 Å². The number of Topliss-reactive ketones (excluding diaryl/α,β-unsaturated/α-hetero) is 1. The Kier molecular flexibility index (Phi) is 6.99. The molecule has 35 heavy (non-hydrogen) atoms. The molecule has 0 bridgehead atoms. The highest BCUT2D eigenvalue weighted by Gasteiger charge is 2.47. The summed E-state index contributed by atoms with van der Waals surface area (Å²) in [6.07, 6.45) is 0. The van der Waals surface area contributed by atoms with Crippen LogP contribution in [-0.4, -0.2) is 31.0 Å². The number of ether oxygens (including phenoxy) is 2. The normalized spacial score (nSPS) is 17.1. The number of hydrogen-bond acceptors (Lipinski definition) is 5. The van der Waals surface area contributed by atoms with Gasteiger partial charge in [0.15, 0.2) is 0 Å². The summed E-state index contributed by atoms with van der Waals surface area (Å²) in [5.41, 5.74) is 1.78. The molecule has 0 aromatic heterocycles. The van der Waals surface area contributed by atoms with Gasteiger partial charge >= 0.3 is 0 Å². The van der Waals surface area contributed by atoms with E-state index in [1.165, 1.54) is 37.3 Å². The largest absolute Gasteiger partial charge is 0.507 e. The van der Waals surface area contributed by atoms with Crippen molar-refractivity contribution in [2.24, 2.45) is 0 Å². The van der Waals surface area contributed by atoms with Crippen LogP contribution in [0, 0.1) is 6.92 Å². The molecule has 1 heterocycles. The van der Waals surface area contributed by atoms with Gasteiger partial charge < -0.3 is 14.6 Å². The van der Waals surface area contributed by atoms with Crippen LogP contribution in [0.5, 0.6) is 11.5 Å². The maximum Gasteiger partial charge on any atom is 0.300 e. The Hall–Kier alpha value is -3.19. The summed E-state index contributed by atoms with van der Waals surface area (Å²) in [7, 11) is 2.85. The Balaban J connectivity index is 2.02. The Morgan fingerprint density at radius 1 is 0.943 bits per heavy atom. The predicted octanol–water partition coefficient (Wildman–Crippen LogP) is 6.60. The summed E-state index contributed by atoms with van der Waals surface area (Å²) in [5.74, 6) is -1.62. The third-order valence-electron chi connectivity index (χ3n) is 5.81. The Morgan fingerprint density at radius 3 is 2.29 bits per heavy atom. The van der Waals surface area contributed by atoms with Crippen molar-refractivity contribution in [2.75, 3.05) is 19.1 Å². The van der Waals surface area contributed by atoms with Crippen molar-refractivity contribution < 1.29 is 24.2 Å². The van der Waals surface area contributed by atoms with Crippen molar-refractivity contribution in [3.8, 4) is 11.5 Å². The number of aryl methyl sites for hydroxylation is 1. The van der Waals surface area contributed by atoms with Gasteiger partial charge in [0.2, 0.25) is 0 Å². The number of benzene rings is 3. The van der Waals surface area contributed by atoms with Crippen LogP contribution < -0.4 is 14.4 Å². The average molecular weight is 533 g/mol. The lowest BCUT2D eigenvalue weighted by Gasteiger charge is -2.27. The molecule has 0 radical (unpaired) electrons. The van der Waals surface area contributed by atoms with Gasteiger partial charge in [-0.2, -0.15) is 0 Å². The monoisotopic (exact) mass is 531 g/mol. The lowest BCUT2D eigenvalue weighted by atomic mass is 9.92. The topological polar surface area (TPSA) is 76.1 Å². The number of hydrogen-bond donors (Lipinski definition) is 1. The minimum Gasteiger partial charge on any atom is -0.507 e. The maximum absolute atomic E-state index is 13.4. The van der Waals surface area contributed by atoms with E-state index in [0.29, 0.717) is 17.0 Å². The molecule has 1 saturated heterocycles. The average Bonchev–Trinajstić information content (AvgIpc) is 3.08. The van der Waals surface area contributed by atoms with E-state index in [0.717, 1.165) is 5.56 Å². The van der Waals surface area contributed by atoms with E-state index in [9.17, 15) is 14.7 Å². The van der Waals surface area contributed by atoms with Gasteiger partial charge in [-0.15, -0.1) is 0 Å². The van der Waals surface area contributed by atoms with Gasteiger partial charge in [0.25, 0.3) is 11.7 Å². The van der Waals surface area contributed by atoms with Crippen molar-refractivity contribution in [2.45, 2.75) is 13.0 Å². The van der Waals surface area contributed by atoms with Gasteiger partial charge in [-0.25, -0.2) is 0 Å². The van der Waals surface area contributed by atoms with E-state index in [4.69, 9.17) is 44.3 Å². The fourth-order valence-electron chi connectivity index (χ4n) is 4.18. The molecule has 1 aliphatic heterocycles. The Bertz CT molecular complexity index is 1390. The van der Waals surface area contributed by atoms with Crippen molar-refractivity contribution in [1.29, 1.82) is 0 Å². The van der Waals surface area contributed by atoms with Gasteiger partial charge in [0, 0.05) is 10.7 Å². The number of aliphatic hydroxyl groups excluding tert-OH is 1. The third-order valence-corrected chi connectivity index (χ3v) is 6.60. The van der Waals surface area contributed by atoms with Crippen LogP contribution in [0.2, 0.25) is 15.1 Å². The van der Waals surface area contributed by atoms with Gasteiger partial charge in [0.1, 0.15) is 17.3 Å². The highest BCUT2D eigenvalue weighted by molar-refractivity contribution is 6.52. The lowest BCUT2D eigenvalue weighted by molar-refractivity contribution is -0.132. The number of carbonyl (C=O) groups excluding carboxylic acids is 2. The first-order valence-corrected chi connectivity index (χ1v) is 11.6. The molecule has 1 N–H and O–H groups in total. The molecule has 6 nitrogen and oxygen atoms in total. The second-order valence-corrected chi connectivity index (χ2v) is 9.06. The lowest BCUT2D eigenvalue weighted by Crippen LogP contribution is -2.29. The number of aliphatic hydroxyl groups is 1. The molecule has 1 fully saturated rings. The van der Waals surface area contributed by atoms with E-state index < -0.39 is 23.5 Å². The van der Waals surface area contributed by atoms with Crippen molar-refractivity contribution in [1.82, 2.24) is 0 Å². The van der Waals surface area contributed by atoms with Gasteiger partial charge in [-0.3, -0.25) is 14.5 Å². The highest BCUT2D eigenvalue weighted by Crippen LogP contribution is 2.46. The number of amides is 1. The van der Waals surface area contributed by atoms with Crippen LogP contribution in [-0.2, 0) is 9.59 Å². The fraction of sp³-hybridized carbons (Fsp3) is 0.154. The minimum atomic E-state index is -0.955. The molecule has 4 rings (SSSR count). The summed E-state index contributed by atoms with van der Waals surface area (Å²) in [5, 5.41) is 12.1. The first-order valence-electron chi connectivity index (χ1n) is 10.4. The van der Waals surface area contributed by atoms with Crippen LogP contribution in [0.15, 0.2) is 60.2 Å². The van der Waals surface area contributed by atoms with Crippen molar-refractivity contribution in [3.05, 3.63) is 91.9 Å². The van der Waals surface area contributed by atoms with Gasteiger partial charge in [0.05, 0.1) is 41.4 Å². The summed E-state index contributed by atoms with van der Waals surface area (Å²) >= 11 is 18.8. The number of halogens is 3. The molecule has 1 amide bonds. The quantitative estimate of drug-likeness (QED) is 0.228. The van der Waals surface area contributed by atoms with E-state index in [-0.39, 0.29) is 32.0 Å². The van der Waals surface area contributed by atoms with E-state index in [2.05, 4.69) is 0 Å². The number of ketones is 1. The van der Waals surface area contributed by atoms with Crippen molar-refractivity contribution in [3.63, 3.8) is 0 Å². The van der Waals surface area contributed by atoms with E-state index in [1.807, 2.05) is 19.1 Å². The molecular weight excluding hydrogens is 513 g/mol. The minimum absolute atomic E-state index is 0.0920. The standard InChI is InChI=1S/C26H20Cl3NO5/c1-13-6-4-5-7-16(13)22-21(23(31)17-10-14(27)11-19(29)25(17)35-3)24(32)26(33)30(22)15-8-9-20(34-2)18(28)12-15/h4-12,22,31H,1-3H3/b23-21+. The zero-order valence-corrected chi connectivity index (χ0v) is 21.2. The van der Waals surface area contributed by atoms with Crippen LogP contribution in [0.3, 0.4) is 0 Å². The zero-order chi connectivity index (χ0) is 25.4. The number of nitrogens with zero attached hydrogens (tertiary/aromatic N) is 1. The molecule has 1 atom stereocenters. The smallest absolute Gasteiger partial charge is 0.300 e. The second kappa shape index (κ2) is 9.82. The predicted molar refractivity (Wildman–Crippen MR) is 137 cm³/mol. The molecule has 3 aromatic carbocycles. The maximum atomic E-state index is 13.4. The van der Waals surface area contributed by atoms with Crippen LogP contribution in [0.4, 0.5) is 5.69 Å². The number of carbonyl (C=O) groups is 2. The molecular formula is C26H20Cl3NO5. The Morgan fingerprint density at radius 2 is 1.66 bits per heavy atom. The highest BCUT2D eigenvalue weighted by atomic mass is 35.5. The SMILES string of the molecule is COc1ccc(N2C(=O)C(=O)/C(=C(/O)c3cc(Cl)cc(Cl)c3OC)C2c2ccccc2C)cc1Cl. The summed E-state index contributed by atoms with van der Waals surface area (Å²) in [4.78, 5) is 28.1. The first kappa shape index (κ1) is 24.9. The molecule has 0 spiro atoms. The molecule has 3 aromatic rings. The fourth-order valence-corrected chi connectivity index (χ4v) is 5.00. The van der Waals surface area contributed by atoms with Crippen LogP contribution in [0.25, 0.3) is 5.76 Å². The number of rotatable bonds is 5.